The molecule has 0 bridgehead atoms. The Morgan fingerprint density at radius 2 is 1.73 bits per heavy atom. The van der Waals surface area contributed by atoms with E-state index in [1.807, 2.05) is 0 Å². The molecule has 0 aliphatic carbocycles. The fourth-order valence-electron chi connectivity index (χ4n) is 1.04. The highest BCUT2D eigenvalue weighted by Crippen LogP contribution is 2.22. The molecule has 0 aliphatic rings. The second-order valence-electron chi connectivity index (χ2n) is 4.28. The Balaban J connectivity index is 3.10. The van der Waals surface area contributed by atoms with E-state index in [0.717, 1.165) is 12.8 Å². The van der Waals surface area contributed by atoms with Crippen molar-refractivity contribution in [3.63, 3.8) is 0 Å². The van der Waals surface area contributed by atoms with Crippen LogP contribution in [0.25, 0.3) is 0 Å². The van der Waals surface area contributed by atoms with Gasteiger partial charge in [0, 0.05) is 6.42 Å². The summed E-state index contributed by atoms with van der Waals surface area (Å²) in [6.07, 6.45) is 5.56. The summed E-state index contributed by atoms with van der Waals surface area (Å²) in [6, 6.07) is 2.17. The monoisotopic (exact) mass is 153 g/mol. The number of nitrogens with zero attached hydrogens (tertiary/aromatic N) is 1. The van der Waals surface area contributed by atoms with Gasteiger partial charge in [-0.25, -0.2) is 0 Å². The average molecular weight is 153 g/mol. The standard InChI is InChI=1S/C10H19N/c1-10(2,3)8-6-4-5-7-9-11/h4-8H2,1-3H3. The van der Waals surface area contributed by atoms with Gasteiger partial charge in [0.1, 0.15) is 0 Å². The molecule has 0 unspecified atom stereocenters. The summed E-state index contributed by atoms with van der Waals surface area (Å²) in [5.74, 6) is 0. The van der Waals surface area contributed by atoms with Crippen molar-refractivity contribution in [2.45, 2.75) is 52.9 Å². The smallest absolute Gasteiger partial charge is 0.0621 e. The van der Waals surface area contributed by atoms with Crippen LogP contribution in [0.2, 0.25) is 0 Å². The van der Waals surface area contributed by atoms with Crippen LogP contribution >= 0.6 is 0 Å². The van der Waals surface area contributed by atoms with Crippen LogP contribution in [0.1, 0.15) is 52.9 Å². The first-order valence-electron chi connectivity index (χ1n) is 4.43. The first-order chi connectivity index (χ1) is 5.06. The zero-order chi connectivity index (χ0) is 8.74. The third-order valence-electron chi connectivity index (χ3n) is 1.72. The van der Waals surface area contributed by atoms with Gasteiger partial charge in [-0.15, -0.1) is 0 Å². The van der Waals surface area contributed by atoms with Crippen molar-refractivity contribution in [3.8, 4) is 6.07 Å². The summed E-state index contributed by atoms with van der Waals surface area (Å²) in [7, 11) is 0. The summed E-state index contributed by atoms with van der Waals surface area (Å²) in [4.78, 5) is 0. The van der Waals surface area contributed by atoms with Crippen LogP contribution in [-0.2, 0) is 0 Å². The molecule has 0 aromatic carbocycles. The lowest BCUT2D eigenvalue weighted by atomic mass is 9.89. The minimum Gasteiger partial charge on any atom is -0.198 e. The van der Waals surface area contributed by atoms with Crippen LogP contribution in [0.15, 0.2) is 0 Å². The maximum atomic E-state index is 8.28. The van der Waals surface area contributed by atoms with Gasteiger partial charge in [-0.05, 0) is 18.3 Å². The van der Waals surface area contributed by atoms with Gasteiger partial charge in [0.05, 0.1) is 6.07 Å². The van der Waals surface area contributed by atoms with Gasteiger partial charge in [-0.3, -0.25) is 0 Å². The van der Waals surface area contributed by atoms with Gasteiger partial charge in [-0.2, -0.15) is 5.26 Å². The molecule has 0 aliphatic heterocycles. The van der Waals surface area contributed by atoms with E-state index in [-0.39, 0.29) is 0 Å². The highest BCUT2D eigenvalue weighted by molar-refractivity contribution is 4.68. The Morgan fingerprint density at radius 3 is 2.18 bits per heavy atom. The van der Waals surface area contributed by atoms with Crippen LogP contribution in [0.5, 0.6) is 0 Å². The third kappa shape index (κ3) is 9.49. The van der Waals surface area contributed by atoms with Crippen molar-refractivity contribution >= 4 is 0 Å². The second kappa shape index (κ2) is 5.18. The number of hydrogen-bond donors (Lipinski definition) is 0. The summed E-state index contributed by atoms with van der Waals surface area (Å²) < 4.78 is 0. The molecule has 0 heterocycles. The number of nitriles is 1. The molecule has 0 amide bonds. The molecule has 0 radical (unpaired) electrons. The molecule has 0 aromatic rings. The highest BCUT2D eigenvalue weighted by atomic mass is 14.2. The summed E-state index contributed by atoms with van der Waals surface area (Å²) in [5.41, 5.74) is 0.465. The Hall–Kier alpha value is -0.510. The molecule has 0 saturated carbocycles. The van der Waals surface area contributed by atoms with Crippen LogP contribution in [0.4, 0.5) is 0 Å². The molecular weight excluding hydrogens is 134 g/mol. The minimum atomic E-state index is 0.465. The first kappa shape index (κ1) is 10.5. The van der Waals surface area contributed by atoms with Crippen molar-refractivity contribution in [2.24, 2.45) is 5.41 Å². The van der Waals surface area contributed by atoms with Gasteiger partial charge in [0.15, 0.2) is 0 Å². The fraction of sp³-hybridized carbons (Fsp3) is 0.900. The zero-order valence-electron chi connectivity index (χ0n) is 7.98. The van der Waals surface area contributed by atoms with Gasteiger partial charge in [-0.1, -0.05) is 33.6 Å². The van der Waals surface area contributed by atoms with Crippen LogP contribution < -0.4 is 0 Å². The molecule has 0 saturated heterocycles. The number of rotatable bonds is 4. The molecule has 1 nitrogen and oxygen atoms in total. The minimum absolute atomic E-state index is 0.465. The lowest BCUT2D eigenvalue weighted by molar-refractivity contribution is 0.358. The molecular formula is C10H19N. The van der Waals surface area contributed by atoms with E-state index in [9.17, 15) is 0 Å². The maximum absolute atomic E-state index is 8.28. The number of hydrogen-bond acceptors (Lipinski definition) is 1. The molecule has 0 rings (SSSR count). The molecule has 1 heteroatoms. The maximum Gasteiger partial charge on any atom is 0.0621 e. The molecule has 0 atom stereocenters. The molecule has 0 spiro atoms. The predicted octanol–water partition coefficient (Wildman–Crippen LogP) is 3.51. The summed E-state index contributed by atoms with van der Waals surface area (Å²) in [6.45, 7) is 6.78. The summed E-state index contributed by atoms with van der Waals surface area (Å²) in [5, 5.41) is 8.28. The lowest BCUT2D eigenvalue weighted by Gasteiger charge is -2.17. The van der Waals surface area contributed by atoms with E-state index >= 15 is 0 Å². The van der Waals surface area contributed by atoms with Gasteiger partial charge >= 0.3 is 0 Å². The quantitative estimate of drug-likeness (QED) is 0.567. The number of unbranched alkanes of at least 4 members (excludes halogenated alkanes) is 3. The van der Waals surface area contributed by atoms with Crippen molar-refractivity contribution in [2.75, 3.05) is 0 Å². The lowest BCUT2D eigenvalue weighted by Crippen LogP contribution is -2.03. The zero-order valence-corrected chi connectivity index (χ0v) is 7.98. The summed E-state index contributed by atoms with van der Waals surface area (Å²) >= 11 is 0. The van der Waals surface area contributed by atoms with Crippen LogP contribution in [0, 0.1) is 16.7 Å². The molecule has 11 heavy (non-hydrogen) atoms. The molecule has 0 aromatic heterocycles. The molecule has 0 N–H and O–H groups in total. The van der Waals surface area contributed by atoms with Crippen molar-refractivity contribution in [3.05, 3.63) is 0 Å². The van der Waals surface area contributed by atoms with E-state index in [4.69, 9.17) is 5.26 Å². The topological polar surface area (TPSA) is 23.8 Å². The molecule has 0 fully saturated rings. The van der Waals surface area contributed by atoms with Crippen LogP contribution in [-0.4, -0.2) is 0 Å². The molecule has 64 valence electrons. The van der Waals surface area contributed by atoms with E-state index < -0.39 is 0 Å². The Bertz CT molecular complexity index is 125. The van der Waals surface area contributed by atoms with Gasteiger partial charge in [0.2, 0.25) is 0 Å². The van der Waals surface area contributed by atoms with E-state index in [1.54, 1.807) is 0 Å². The van der Waals surface area contributed by atoms with E-state index in [2.05, 4.69) is 26.8 Å². The van der Waals surface area contributed by atoms with Crippen molar-refractivity contribution < 1.29 is 0 Å². The van der Waals surface area contributed by atoms with Crippen LogP contribution in [0.3, 0.4) is 0 Å². The van der Waals surface area contributed by atoms with Crippen molar-refractivity contribution in [1.82, 2.24) is 0 Å². The van der Waals surface area contributed by atoms with Gasteiger partial charge < -0.3 is 0 Å². The first-order valence-corrected chi connectivity index (χ1v) is 4.43. The van der Waals surface area contributed by atoms with Crippen molar-refractivity contribution in [1.29, 1.82) is 5.26 Å². The Labute approximate surface area is 70.4 Å². The van der Waals surface area contributed by atoms with E-state index in [1.165, 1.54) is 19.3 Å². The van der Waals surface area contributed by atoms with E-state index in [0.29, 0.717) is 5.41 Å². The Kier molecular flexibility index (Phi) is 4.94. The average Bonchev–Trinajstić information content (AvgIpc) is 1.85. The second-order valence-corrected chi connectivity index (χ2v) is 4.28. The fourth-order valence-corrected chi connectivity index (χ4v) is 1.04. The van der Waals surface area contributed by atoms with Gasteiger partial charge in [0.25, 0.3) is 0 Å². The predicted molar refractivity (Wildman–Crippen MR) is 48.2 cm³/mol. The largest absolute Gasteiger partial charge is 0.198 e. The normalized spacial score (nSPS) is 11.1. The SMILES string of the molecule is CC(C)(C)CCCCCC#N. The highest BCUT2D eigenvalue weighted by Gasteiger charge is 2.08. The Morgan fingerprint density at radius 1 is 1.09 bits per heavy atom. The third-order valence-corrected chi connectivity index (χ3v) is 1.72.